The number of nitrogens with zero attached hydrogens (tertiary/aromatic N) is 3. The monoisotopic (exact) mass is 290 g/mol. The van der Waals surface area contributed by atoms with Gasteiger partial charge in [-0.3, -0.25) is 4.79 Å². The average molecular weight is 290 g/mol. The van der Waals surface area contributed by atoms with E-state index in [-0.39, 0.29) is 17.8 Å². The third kappa shape index (κ3) is 3.52. The Hall–Kier alpha value is -2.08. The van der Waals surface area contributed by atoms with Gasteiger partial charge in [0.15, 0.2) is 5.84 Å². The van der Waals surface area contributed by atoms with E-state index in [0.717, 1.165) is 25.9 Å². The van der Waals surface area contributed by atoms with Crippen LogP contribution in [0.2, 0.25) is 0 Å². The van der Waals surface area contributed by atoms with Gasteiger partial charge in [0.1, 0.15) is 0 Å². The summed E-state index contributed by atoms with van der Waals surface area (Å²) < 4.78 is 0. The summed E-state index contributed by atoms with van der Waals surface area (Å²) in [6.45, 7) is 1.65. The molecule has 1 aliphatic rings. The highest BCUT2D eigenvalue weighted by Crippen LogP contribution is 2.21. The minimum absolute atomic E-state index is 0.00643. The van der Waals surface area contributed by atoms with Crippen LogP contribution in [0.5, 0.6) is 0 Å². The Balaban J connectivity index is 2.19. The van der Waals surface area contributed by atoms with Crippen LogP contribution in [0.1, 0.15) is 28.8 Å². The zero-order valence-corrected chi connectivity index (χ0v) is 12.5. The number of oxime groups is 1. The SMILES string of the molecule is CN(C)CC1CCCN1C(=O)c1cccc(C(N)=NO)c1. The Bertz CT molecular complexity index is 542. The number of benzene rings is 1. The summed E-state index contributed by atoms with van der Waals surface area (Å²) in [5.41, 5.74) is 6.70. The zero-order chi connectivity index (χ0) is 15.4. The Kier molecular flexibility index (Phi) is 4.80. The highest BCUT2D eigenvalue weighted by Gasteiger charge is 2.29. The standard InChI is InChI=1S/C15H22N4O2/c1-18(2)10-13-7-4-8-19(13)15(20)12-6-3-5-11(9-12)14(16)17-21/h3,5-6,9,13,21H,4,7-8,10H2,1-2H3,(H2,16,17). The number of amides is 1. The fourth-order valence-electron chi connectivity index (χ4n) is 2.75. The molecule has 2 rings (SSSR count). The van der Waals surface area contributed by atoms with Crippen LogP contribution in [0.25, 0.3) is 0 Å². The van der Waals surface area contributed by atoms with E-state index in [4.69, 9.17) is 10.9 Å². The van der Waals surface area contributed by atoms with E-state index < -0.39 is 0 Å². The lowest BCUT2D eigenvalue weighted by Gasteiger charge is -2.27. The maximum atomic E-state index is 12.7. The number of nitrogens with two attached hydrogens (primary N) is 1. The lowest BCUT2D eigenvalue weighted by atomic mass is 10.1. The van der Waals surface area contributed by atoms with E-state index in [1.807, 2.05) is 19.0 Å². The van der Waals surface area contributed by atoms with Gasteiger partial charge in [0.05, 0.1) is 0 Å². The molecular formula is C15H22N4O2. The van der Waals surface area contributed by atoms with Gasteiger partial charge < -0.3 is 20.7 Å². The van der Waals surface area contributed by atoms with E-state index in [0.29, 0.717) is 11.1 Å². The molecule has 1 atom stereocenters. The van der Waals surface area contributed by atoms with Gasteiger partial charge >= 0.3 is 0 Å². The second-order valence-corrected chi connectivity index (χ2v) is 5.62. The highest BCUT2D eigenvalue weighted by molar-refractivity contribution is 6.01. The van der Waals surface area contributed by atoms with Gasteiger partial charge in [-0.05, 0) is 39.1 Å². The largest absolute Gasteiger partial charge is 0.409 e. The number of hydrogen-bond donors (Lipinski definition) is 2. The molecule has 0 aliphatic carbocycles. The Morgan fingerprint density at radius 1 is 1.48 bits per heavy atom. The number of likely N-dealkylation sites (tertiary alicyclic amines) is 1. The van der Waals surface area contributed by atoms with Crippen LogP contribution in [0, 0.1) is 0 Å². The van der Waals surface area contributed by atoms with Gasteiger partial charge in [-0.2, -0.15) is 0 Å². The molecule has 1 saturated heterocycles. The quantitative estimate of drug-likeness (QED) is 0.374. The molecule has 0 saturated carbocycles. The Labute approximate surface area is 124 Å². The van der Waals surface area contributed by atoms with Gasteiger partial charge in [0.25, 0.3) is 5.91 Å². The first-order chi connectivity index (χ1) is 10.0. The molecule has 1 amide bonds. The smallest absolute Gasteiger partial charge is 0.254 e. The lowest BCUT2D eigenvalue weighted by molar-refractivity contribution is 0.0716. The van der Waals surface area contributed by atoms with Crippen molar-refractivity contribution in [2.45, 2.75) is 18.9 Å². The summed E-state index contributed by atoms with van der Waals surface area (Å²) in [6.07, 6.45) is 2.06. The van der Waals surface area contributed by atoms with E-state index >= 15 is 0 Å². The number of rotatable bonds is 4. The van der Waals surface area contributed by atoms with Crippen molar-refractivity contribution in [1.82, 2.24) is 9.80 Å². The van der Waals surface area contributed by atoms with E-state index in [1.165, 1.54) is 0 Å². The fraction of sp³-hybridized carbons (Fsp3) is 0.467. The molecule has 0 bridgehead atoms. The van der Waals surface area contributed by atoms with Crippen LogP contribution >= 0.6 is 0 Å². The first-order valence-corrected chi connectivity index (χ1v) is 7.06. The summed E-state index contributed by atoms with van der Waals surface area (Å²) in [7, 11) is 4.03. The van der Waals surface area contributed by atoms with Crippen molar-refractivity contribution in [2.24, 2.45) is 10.9 Å². The maximum Gasteiger partial charge on any atom is 0.254 e. The summed E-state index contributed by atoms with van der Waals surface area (Å²) >= 11 is 0. The fourth-order valence-corrected chi connectivity index (χ4v) is 2.75. The summed E-state index contributed by atoms with van der Waals surface area (Å²) in [5, 5.41) is 11.7. The summed E-state index contributed by atoms with van der Waals surface area (Å²) in [6, 6.07) is 7.15. The van der Waals surface area contributed by atoms with Gasteiger partial charge in [-0.1, -0.05) is 17.3 Å². The van der Waals surface area contributed by atoms with Crippen LogP contribution in [0.15, 0.2) is 29.4 Å². The Morgan fingerprint density at radius 2 is 2.19 bits per heavy atom. The minimum Gasteiger partial charge on any atom is -0.409 e. The summed E-state index contributed by atoms with van der Waals surface area (Å²) in [4.78, 5) is 16.7. The molecule has 1 aromatic carbocycles. The topological polar surface area (TPSA) is 82.2 Å². The van der Waals surface area contributed by atoms with Gasteiger partial charge in [0, 0.05) is 30.3 Å². The third-order valence-corrected chi connectivity index (χ3v) is 3.73. The van der Waals surface area contributed by atoms with Gasteiger partial charge in [0.2, 0.25) is 0 Å². The van der Waals surface area contributed by atoms with Crippen LogP contribution < -0.4 is 5.73 Å². The van der Waals surface area contributed by atoms with E-state index in [9.17, 15) is 4.79 Å². The Morgan fingerprint density at radius 3 is 2.86 bits per heavy atom. The predicted molar refractivity (Wildman–Crippen MR) is 81.6 cm³/mol. The van der Waals surface area contributed by atoms with Crippen molar-refractivity contribution in [3.63, 3.8) is 0 Å². The molecule has 1 fully saturated rings. The van der Waals surface area contributed by atoms with E-state index in [2.05, 4.69) is 10.1 Å². The van der Waals surface area contributed by atoms with Gasteiger partial charge in [-0.25, -0.2) is 0 Å². The molecule has 1 aromatic rings. The normalized spacial score (nSPS) is 19.3. The van der Waals surface area contributed by atoms with Crippen molar-refractivity contribution in [3.05, 3.63) is 35.4 Å². The van der Waals surface area contributed by atoms with Crippen LogP contribution in [-0.2, 0) is 0 Å². The lowest BCUT2D eigenvalue weighted by Crippen LogP contribution is -2.41. The molecule has 6 nitrogen and oxygen atoms in total. The first kappa shape index (κ1) is 15.3. The predicted octanol–water partition coefficient (Wildman–Crippen LogP) is 0.947. The zero-order valence-electron chi connectivity index (χ0n) is 12.5. The van der Waals surface area contributed by atoms with Crippen molar-refractivity contribution in [1.29, 1.82) is 0 Å². The molecule has 0 aromatic heterocycles. The number of carbonyl (C=O) groups is 1. The number of hydrogen-bond acceptors (Lipinski definition) is 4. The van der Waals surface area contributed by atoms with Crippen LogP contribution in [0.3, 0.4) is 0 Å². The molecule has 21 heavy (non-hydrogen) atoms. The molecule has 0 radical (unpaired) electrons. The maximum absolute atomic E-state index is 12.7. The second-order valence-electron chi connectivity index (χ2n) is 5.62. The molecule has 1 heterocycles. The van der Waals surface area contributed by atoms with Crippen molar-refractivity contribution < 1.29 is 10.0 Å². The van der Waals surface area contributed by atoms with Crippen molar-refractivity contribution in [2.75, 3.05) is 27.2 Å². The molecule has 1 aliphatic heterocycles. The second kappa shape index (κ2) is 6.58. The molecule has 0 spiro atoms. The molecule has 114 valence electrons. The average Bonchev–Trinajstić information content (AvgIpc) is 2.93. The van der Waals surface area contributed by atoms with Crippen LogP contribution in [-0.4, -0.2) is 60.0 Å². The molecule has 6 heteroatoms. The third-order valence-electron chi connectivity index (χ3n) is 3.73. The molecule has 3 N–H and O–H groups in total. The van der Waals surface area contributed by atoms with Crippen molar-refractivity contribution in [3.8, 4) is 0 Å². The number of carbonyl (C=O) groups excluding carboxylic acids is 1. The van der Waals surface area contributed by atoms with Crippen molar-refractivity contribution >= 4 is 11.7 Å². The number of likely N-dealkylation sites (N-methyl/N-ethyl adjacent to an activating group) is 1. The number of amidine groups is 1. The molecule has 1 unspecified atom stereocenters. The first-order valence-electron chi connectivity index (χ1n) is 7.06. The minimum atomic E-state index is 0.00643. The molecular weight excluding hydrogens is 268 g/mol. The van der Waals surface area contributed by atoms with E-state index in [1.54, 1.807) is 24.3 Å². The summed E-state index contributed by atoms with van der Waals surface area (Å²) in [5.74, 6) is 0.0165. The highest BCUT2D eigenvalue weighted by atomic mass is 16.4. The van der Waals surface area contributed by atoms with Gasteiger partial charge in [-0.15, -0.1) is 0 Å². The van der Waals surface area contributed by atoms with Crippen LogP contribution in [0.4, 0.5) is 0 Å².